The molecule has 0 atom stereocenters. The van der Waals surface area contributed by atoms with Crippen molar-refractivity contribution in [2.45, 2.75) is 13.5 Å². The predicted octanol–water partition coefficient (Wildman–Crippen LogP) is 2.83. The van der Waals surface area contributed by atoms with Gasteiger partial charge in [-0.15, -0.1) is 0 Å². The summed E-state index contributed by atoms with van der Waals surface area (Å²) in [5, 5.41) is 2.69. The largest absolute Gasteiger partial charge is 0.484 e. The fourth-order valence-corrected chi connectivity index (χ4v) is 1.66. The van der Waals surface area contributed by atoms with Crippen LogP contribution in [0.1, 0.15) is 11.1 Å². The van der Waals surface area contributed by atoms with Gasteiger partial charge in [-0.2, -0.15) is 0 Å². The topological polar surface area (TPSA) is 38.3 Å². The summed E-state index contributed by atoms with van der Waals surface area (Å²) in [6, 6.07) is 14.0. The minimum Gasteiger partial charge on any atom is -0.484 e. The molecule has 0 radical (unpaired) electrons. The third kappa shape index (κ3) is 4.09. The highest BCUT2D eigenvalue weighted by molar-refractivity contribution is 5.77. The van der Waals surface area contributed by atoms with Gasteiger partial charge in [0.15, 0.2) is 6.61 Å². The van der Waals surface area contributed by atoms with E-state index in [0.717, 1.165) is 5.56 Å². The Morgan fingerprint density at radius 2 is 1.95 bits per heavy atom. The molecule has 0 spiro atoms. The molecular weight excluding hydrogens is 257 g/mol. The Balaban J connectivity index is 1.79. The molecule has 0 fully saturated rings. The van der Waals surface area contributed by atoms with Gasteiger partial charge in [-0.25, -0.2) is 4.39 Å². The number of ether oxygens (including phenoxy) is 1. The highest BCUT2D eigenvalue weighted by Crippen LogP contribution is 2.09. The van der Waals surface area contributed by atoms with Crippen LogP contribution in [0.3, 0.4) is 0 Å². The second kappa shape index (κ2) is 6.70. The lowest BCUT2D eigenvalue weighted by Crippen LogP contribution is -2.28. The first kappa shape index (κ1) is 14.1. The minimum atomic E-state index is -0.266. The minimum absolute atomic E-state index is 0.0572. The van der Waals surface area contributed by atoms with E-state index < -0.39 is 0 Å². The smallest absolute Gasteiger partial charge is 0.258 e. The average Bonchev–Trinajstić information content (AvgIpc) is 2.47. The first-order valence-corrected chi connectivity index (χ1v) is 6.35. The van der Waals surface area contributed by atoms with E-state index in [-0.39, 0.29) is 24.9 Å². The Bertz CT molecular complexity index is 584. The quantitative estimate of drug-likeness (QED) is 0.909. The van der Waals surface area contributed by atoms with E-state index in [1.807, 2.05) is 18.2 Å². The summed E-state index contributed by atoms with van der Waals surface area (Å²) < 4.78 is 18.6. The number of hydrogen-bond donors (Lipinski definition) is 1. The molecule has 2 aromatic rings. The van der Waals surface area contributed by atoms with Crippen LogP contribution in [0.25, 0.3) is 0 Å². The Morgan fingerprint density at radius 1 is 1.20 bits per heavy atom. The van der Waals surface area contributed by atoms with Crippen molar-refractivity contribution in [3.8, 4) is 5.75 Å². The molecule has 4 heteroatoms. The molecule has 0 bridgehead atoms. The maximum Gasteiger partial charge on any atom is 0.258 e. The molecule has 2 aromatic carbocycles. The van der Waals surface area contributed by atoms with Crippen LogP contribution in [0.4, 0.5) is 4.39 Å². The lowest BCUT2D eigenvalue weighted by atomic mass is 10.1. The SMILES string of the molecule is Cc1ccc(CNC(=O)COc2ccccc2)cc1F. The Labute approximate surface area is 117 Å². The van der Waals surface area contributed by atoms with Crippen LogP contribution >= 0.6 is 0 Å². The van der Waals surface area contributed by atoms with Crippen molar-refractivity contribution in [2.75, 3.05) is 6.61 Å². The molecule has 1 N–H and O–H groups in total. The number of nitrogens with one attached hydrogen (secondary N) is 1. The lowest BCUT2D eigenvalue weighted by Gasteiger charge is -2.08. The van der Waals surface area contributed by atoms with Gasteiger partial charge in [-0.05, 0) is 36.2 Å². The van der Waals surface area contributed by atoms with Crippen LogP contribution in [0.15, 0.2) is 48.5 Å². The second-order valence-electron chi connectivity index (χ2n) is 4.46. The molecule has 0 saturated heterocycles. The summed E-state index contributed by atoms with van der Waals surface area (Å²) in [6.45, 7) is 1.93. The molecule has 0 aromatic heterocycles. The van der Waals surface area contributed by atoms with E-state index in [2.05, 4.69) is 5.32 Å². The van der Waals surface area contributed by atoms with Crippen molar-refractivity contribution in [3.05, 3.63) is 65.5 Å². The number of hydrogen-bond acceptors (Lipinski definition) is 2. The van der Waals surface area contributed by atoms with E-state index >= 15 is 0 Å². The van der Waals surface area contributed by atoms with E-state index in [1.54, 1.807) is 31.2 Å². The van der Waals surface area contributed by atoms with Crippen LogP contribution in [0.2, 0.25) is 0 Å². The summed E-state index contributed by atoms with van der Waals surface area (Å²) >= 11 is 0. The fraction of sp³-hybridized carbons (Fsp3) is 0.188. The van der Waals surface area contributed by atoms with Crippen LogP contribution < -0.4 is 10.1 Å². The lowest BCUT2D eigenvalue weighted by molar-refractivity contribution is -0.123. The molecule has 0 aliphatic rings. The van der Waals surface area contributed by atoms with Crippen LogP contribution in [-0.2, 0) is 11.3 Å². The number of amides is 1. The van der Waals surface area contributed by atoms with Gasteiger partial charge in [0.25, 0.3) is 5.91 Å². The zero-order chi connectivity index (χ0) is 14.4. The highest BCUT2D eigenvalue weighted by atomic mass is 19.1. The summed E-state index contributed by atoms with van der Waals surface area (Å²) in [7, 11) is 0. The number of carbonyl (C=O) groups excluding carboxylic acids is 1. The van der Waals surface area contributed by atoms with E-state index in [0.29, 0.717) is 11.3 Å². The molecule has 2 rings (SSSR count). The van der Waals surface area contributed by atoms with E-state index in [1.165, 1.54) is 6.07 Å². The molecule has 3 nitrogen and oxygen atoms in total. The number of halogens is 1. The monoisotopic (exact) mass is 273 g/mol. The van der Waals surface area contributed by atoms with Gasteiger partial charge in [0, 0.05) is 6.54 Å². The summed E-state index contributed by atoms with van der Waals surface area (Å²) in [5.41, 5.74) is 1.31. The zero-order valence-corrected chi connectivity index (χ0v) is 11.2. The number of benzene rings is 2. The van der Waals surface area contributed by atoms with E-state index in [9.17, 15) is 9.18 Å². The maximum atomic E-state index is 13.3. The molecule has 104 valence electrons. The fourth-order valence-electron chi connectivity index (χ4n) is 1.66. The third-order valence-electron chi connectivity index (χ3n) is 2.84. The van der Waals surface area contributed by atoms with Crippen molar-refractivity contribution >= 4 is 5.91 Å². The number of carbonyl (C=O) groups is 1. The second-order valence-corrected chi connectivity index (χ2v) is 4.46. The Morgan fingerprint density at radius 3 is 2.65 bits per heavy atom. The summed E-state index contributed by atoms with van der Waals surface area (Å²) in [4.78, 5) is 11.6. The van der Waals surface area contributed by atoms with Crippen molar-refractivity contribution in [1.29, 1.82) is 0 Å². The van der Waals surface area contributed by atoms with E-state index in [4.69, 9.17) is 4.74 Å². The van der Waals surface area contributed by atoms with Crippen molar-refractivity contribution < 1.29 is 13.9 Å². The van der Waals surface area contributed by atoms with Gasteiger partial charge in [0.2, 0.25) is 0 Å². The molecule has 20 heavy (non-hydrogen) atoms. The normalized spacial score (nSPS) is 10.1. The van der Waals surface area contributed by atoms with Crippen molar-refractivity contribution in [2.24, 2.45) is 0 Å². The first-order valence-electron chi connectivity index (χ1n) is 6.35. The summed E-state index contributed by atoms with van der Waals surface area (Å²) in [6.07, 6.45) is 0. The molecule has 0 aliphatic heterocycles. The summed E-state index contributed by atoms with van der Waals surface area (Å²) in [5.74, 6) is 0.135. The van der Waals surface area contributed by atoms with Gasteiger partial charge < -0.3 is 10.1 Å². The highest BCUT2D eigenvalue weighted by Gasteiger charge is 2.04. The Hall–Kier alpha value is -2.36. The van der Waals surface area contributed by atoms with Crippen LogP contribution in [0, 0.1) is 12.7 Å². The van der Waals surface area contributed by atoms with Gasteiger partial charge in [0.05, 0.1) is 0 Å². The van der Waals surface area contributed by atoms with Crippen LogP contribution in [-0.4, -0.2) is 12.5 Å². The predicted molar refractivity (Wildman–Crippen MR) is 74.9 cm³/mol. The van der Waals surface area contributed by atoms with Crippen LogP contribution in [0.5, 0.6) is 5.75 Å². The number of rotatable bonds is 5. The molecule has 1 amide bonds. The molecule has 0 aliphatic carbocycles. The number of para-hydroxylation sites is 1. The number of aryl methyl sites for hydroxylation is 1. The Kier molecular flexibility index (Phi) is 4.71. The zero-order valence-electron chi connectivity index (χ0n) is 11.2. The first-order chi connectivity index (χ1) is 9.65. The van der Waals surface area contributed by atoms with Gasteiger partial charge >= 0.3 is 0 Å². The van der Waals surface area contributed by atoms with Gasteiger partial charge in [-0.3, -0.25) is 4.79 Å². The standard InChI is InChI=1S/C16H16FNO2/c1-12-7-8-13(9-15(12)17)10-18-16(19)11-20-14-5-3-2-4-6-14/h2-9H,10-11H2,1H3,(H,18,19). The molecular formula is C16H16FNO2. The maximum absolute atomic E-state index is 13.3. The molecule has 0 heterocycles. The average molecular weight is 273 g/mol. The van der Waals surface area contributed by atoms with Crippen molar-refractivity contribution in [3.63, 3.8) is 0 Å². The van der Waals surface area contributed by atoms with Crippen molar-refractivity contribution in [1.82, 2.24) is 5.32 Å². The third-order valence-corrected chi connectivity index (χ3v) is 2.84. The van der Waals surface area contributed by atoms with Gasteiger partial charge in [-0.1, -0.05) is 30.3 Å². The molecule has 0 saturated carbocycles. The molecule has 0 unspecified atom stereocenters. The van der Waals surface area contributed by atoms with Gasteiger partial charge in [0.1, 0.15) is 11.6 Å².